The van der Waals surface area contributed by atoms with Crippen molar-refractivity contribution in [3.05, 3.63) is 47.8 Å². The topological polar surface area (TPSA) is 61.2 Å². The summed E-state index contributed by atoms with van der Waals surface area (Å²) in [6.45, 7) is 3.60. The van der Waals surface area contributed by atoms with Crippen molar-refractivity contribution in [2.45, 2.75) is 13.8 Å². The van der Waals surface area contributed by atoms with Crippen molar-refractivity contribution in [1.29, 1.82) is 0 Å². The number of rotatable bonds is 4. The molecule has 0 saturated heterocycles. The van der Waals surface area contributed by atoms with Gasteiger partial charge in [-0.25, -0.2) is 9.48 Å². The first-order valence-electron chi connectivity index (χ1n) is 5.95. The van der Waals surface area contributed by atoms with Gasteiger partial charge in [-0.2, -0.15) is 5.10 Å². The van der Waals surface area contributed by atoms with E-state index < -0.39 is 5.97 Å². The van der Waals surface area contributed by atoms with Gasteiger partial charge in [-0.15, -0.1) is 0 Å². The lowest BCUT2D eigenvalue weighted by atomic mass is 10.1. The van der Waals surface area contributed by atoms with Gasteiger partial charge in [0.1, 0.15) is 0 Å². The zero-order valence-electron chi connectivity index (χ0n) is 10.8. The largest absolute Gasteiger partial charge is 0.462 e. The third-order valence-electron chi connectivity index (χ3n) is 2.63. The minimum absolute atomic E-state index is 0.0132. The van der Waals surface area contributed by atoms with Crippen LogP contribution in [-0.4, -0.2) is 28.1 Å². The van der Waals surface area contributed by atoms with E-state index in [1.807, 2.05) is 0 Å². The Morgan fingerprint density at radius 2 is 1.89 bits per heavy atom. The van der Waals surface area contributed by atoms with Gasteiger partial charge in [0.15, 0.2) is 5.78 Å². The molecule has 0 atom stereocenters. The fraction of sp³-hybridized carbons (Fsp3) is 0.214. The molecule has 0 aliphatic carbocycles. The van der Waals surface area contributed by atoms with E-state index in [4.69, 9.17) is 4.74 Å². The molecule has 5 nitrogen and oxygen atoms in total. The molecule has 2 rings (SSSR count). The average Bonchev–Trinajstić information content (AvgIpc) is 2.89. The number of carbonyl (C=O) groups is 2. The highest BCUT2D eigenvalue weighted by atomic mass is 16.5. The van der Waals surface area contributed by atoms with Gasteiger partial charge < -0.3 is 4.74 Å². The number of benzene rings is 1. The van der Waals surface area contributed by atoms with Crippen molar-refractivity contribution in [3.63, 3.8) is 0 Å². The van der Waals surface area contributed by atoms with Gasteiger partial charge in [0.2, 0.25) is 0 Å². The van der Waals surface area contributed by atoms with Crippen LogP contribution in [0.25, 0.3) is 5.69 Å². The van der Waals surface area contributed by atoms with Crippen molar-refractivity contribution in [1.82, 2.24) is 9.78 Å². The second kappa shape index (κ2) is 5.48. The molecule has 0 unspecified atom stereocenters. The summed E-state index contributed by atoms with van der Waals surface area (Å²) in [5, 5.41) is 4.10. The Kier molecular flexibility index (Phi) is 3.75. The third-order valence-corrected chi connectivity index (χ3v) is 2.63. The molecule has 0 fully saturated rings. The lowest BCUT2D eigenvalue weighted by Gasteiger charge is -2.02. The Morgan fingerprint density at radius 1 is 1.21 bits per heavy atom. The molecule has 1 aromatic carbocycles. The monoisotopic (exact) mass is 258 g/mol. The molecule has 0 bridgehead atoms. The predicted molar refractivity (Wildman–Crippen MR) is 69.5 cm³/mol. The zero-order valence-corrected chi connectivity index (χ0v) is 10.8. The number of aromatic nitrogens is 2. The summed E-state index contributed by atoms with van der Waals surface area (Å²) in [4.78, 5) is 22.7. The fourth-order valence-electron chi connectivity index (χ4n) is 1.63. The molecule has 98 valence electrons. The first-order chi connectivity index (χ1) is 9.11. The number of esters is 1. The Hall–Kier alpha value is -2.43. The molecule has 19 heavy (non-hydrogen) atoms. The van der Waals surface area contributed by atoms with Gasteiger partial charge in [-0.1, -0.05) is 0 Å². The summed E-state index contributed by atoms with van der Waals surface area (Å²) in [5.74, 6) is -0.381. The van der Waals surface area contributed by atoms with Crippen LogP contribution in [0.5, 0.6) is 0 Å². The van der Waals surface area contributed by atoms with Gasteiger partial charge in [0, 0.05) is 11.8 Å². The second-order valence-electron chi connectivity index (χ2n) is 4.00. The average molecular weight is 258 g/mol. The molecule has 1 heterocycles. The third kappa shape index (κ3) is 2.88. The molecule has 1 aromatic heterocycles. The lowest BCUT2D eigenvalue weighted by molar-refractivity contribution is 0.0526. The lowest BCUT2D eigenvalue weighted by Crippen LogP contribution is -2.03. The molecule has 2 aromatic rings. The molecule has 0 amide bonds. The van der Waals surface area contributed by atoms with Gasteiger partial charge in [-0.05, 0) is 38.1 Å². The van der Waals surface area contributed by atoms with Gasteiger partial charge in [-0.3, -0.25) is 4.79 Å². The highest BCUT2D eigenvalue weighted by Crippen LogP contribution is 2.11. The van der Waals surface area contributed by atoms with E-state index in [9.17, 15) is 9.59 Å². The quantitative estimate of drug-likeness (QED) is 0.623. The maximum absolute atomic E-state index is 11.5. The Bertz CT molecular complexity index is 599. The number of ether oxygens (including phenoxy) is 1. The smallest absolute Gasteiger partial charge is 0.341 e. The highest BCUT2D eigenvalue weighted by molar-refractivity contribution is 5.94. The van der Waals surface area contributed by atoms with Crippen LogP contribution >= 0.6 is 0 Å². The highest BCUT2D eigenvalue weighted by Gasteiger charge is 2.10. The van der Waals surface area contributed by atoms with E-state index in [-0.39, 0.29) is 5.78 Å². The molecule has 0 spiro atoms. The van der Waals surface area contributed by atoms with Gasteiger partial charge in [0.05, 0.1) is 24.1 Å². The number of hydrogen-bond acceptors (Lipinski definition) is 4. The number of ketones is 1. The van der Waals surface area contributed by atoms with Crippen LogP contribution in [0.1, 0.15) is 34.6 Å². The number of carbonyl (C=O) groups excluding carboxylic acids is 2. The molecule has 0 radical (unpaired) electrons. The maximum atomic E-state index is 11.5. The second-order valence-corrected chi connectivity index (χ2v) is 4.00. The number of nitrogens with zero attached hydrogens (tertiary/aromatic N) is 2. The van der Waals surface area contributed by atoms with Crippen LogP contribution < -0.4 is 0 Å². The summed E-state index contributed by atoms with van der Waals surface area (Å²) in [5.41, 5.74) is 1.82. The maximum Gasteiger partial charge on any atom is 0.341 e. The van der Waals surface area contributed by atoms with E-state index in [0.29, 0.717) is 17.7 Å². The molecule has 0 N–H and O–H groups in total. The summed E-state index contributed by atoms with van der Waals surface area (Å²) in [6.07, 6.45) is 3.05. The van der Waals surface area contributed by atoms with E-state index in [1.54, 1.807) is 42.1 Å². The van der Waals surface area contributed by atoms with Crippen molar-refractivity contribution in [2.24, 2.45) is 0 Å². The molecule has 0 aliphatic heterocycles. The van der Waals surface area contributed by atoms with Crippen LogP contribution in [0.4, 0.5) is 0 Å². The van der Waals surface area contributed by atoms with E-state index in [2.05, 4.69) is 5.10 Å². The summed E-state index contributed by atoms with van der Waals surface area (Å²) < 4.78 is 6.46. The molecule has 5 heteroatoms. The normalized spacial score (nSPS) is 10.2. The van der Waals surface area contributed by atoms with E-state index in [0.717, 1.165) is 5.69 Å². The Morgan fingerprint density at radius 3 is 2.47 bits per heavy atom. The Labute approximate surface area is 110 Å². The van der Waals surface area contributed by atoms with Crippen molar-refractivity contribution in [3.8, 4) is 5.69 Å². The minimum atomic E-state index is -0.394. The molecule has 0 aliphatic rings. The molecular weight excluding hydrogens is 244 g/mol. The zero-order chi connectivity index (χ0) is 13.8. The van der Waals surface area contributed by atoms with Crippen LogP contribution in [0.15, 0.2) is 36.7 Å². The number of Topliss-reactive ketones (excluding diaryl/α,β-unsaturated/α-hetero) is 1. The van der Waals surface area contributed by atoms with Crippen LogP contribution in [-0.2, 0) is 4.74 Å². The summed E-state index contributed by atoms with van der Waals surface area (Å²) >= 11 is 0. The van der Waals surface area contributed by atoms with E-state index in [1.165, 1.54) is 13.1 Å². The Balaban J connectivity index is 2.23. The molecular formula is C14H14N2O3. The van der Waals surface area contributed by atoms with Gasteiger partial charge >= 0.3 is 5.97 Å². The first kappa shape index (κ1) is 13.0. The predicted octanol–water partition coefficient (Wildman–Crippen LogP) is 2.25. The fourth-order valence-corrected chi connectivity index (χ4v) is 1.63. The summed E-state index contributed by atoms with van der Waals surface area (Å²) in [7, 11) is 0. The van der Waals surface area contributed by atoms with Gasteiger partial charge in [0.25, 0.3) is 0 Å². The van der Waals surface area contributed by atoms with Crippen molar-refractivity contribution >= 4 is 11.8 Å². The van der Waals surface area contributed by atoms with Crippen LogP contribution in [0.2, 0.25) is 0 Å². The minimum Gasteiger partial charge on any atom is -0.462 e. The summed E-state index contributed by atoms with van der Waals surface area (Å²) in [6, 6.07) is 7.00. The van der Waals surface area contributed by atoms with Crippen molar-refractivity contribution in [2.75, 3.05) is 6.61 Å². The van der Waals surface area contributed by atoms with Crippen LogP contribution in [0.3, 0.4) is 0 Å². The first-order valence-corrected chi connectivity index (χ1v) is 5.95. The standard InChI is InChI=1S/C14H14N2O3/c1-3-19-14(18)12-8-15-16(9-12)13-6-4-11(5-7-13)10(2)17/h4-9H,3H2,1-2H3. The SMILES string of the molecule is CCOC(=O)c1cnn(-c2ccc(C(C)=O)cc2)c1. The van der Waals surface area contributed by atoms with Crippen molar-refractivity contribution < 1.29 is 14.3 Å². The van der Waals surface area contributed by atoms with E-state index >= 15 is 0 Å². The molecule has 0 saturated carbocycles. The van der Waals surface area contributed by atoms with Crippen LogP contribution in [0, 0.1) is 0 Å². The number of hydrogen-bond donors (Lipinski definition) is 0.